The van der Waals surface area contributed by atoms with E-state index in [0.717, 1.165) is 29.8 Å². The van der Waals surface area contributed by atoms with E-state index in [1.807, 2.05) is 27.8 Å². The fourth-order valence-corrected chi connectivity index (χ4v) is 2.35. The number of likely N-dealkylation sites (N-methyl/N-ethyl adjacent to an activating group) is 1. The first-order valence-electron chi connectivity index (χ1n) is 6.95. The Hall–Kier alpha value is -1.35. The topological polar surface area (TPSA) is 32.3 Å². The highest BCUT2D eigenvalue weighted by atomic mass is 16.2. The minimum absolute atomic E-state index is 0.0611. The number of carbonyl (C=O) groups excluding carboxylic acids is 1. The summed E-state index contributed by atoms with van der Waals surface area (Å²) in [5.41, 5.74) is 4.42. The zero-order valence-electron chi connectivity index (χ0n) is 13.0. The van der Waals surface area contributed by atoms with Crippen LogP contribution in [0.3, 0.4) is 0 Å². The van der Waals surface area contributed by atoms with Crippen LogP contribution in [0.5, 0.6) is 0 Å². The van der Waals surface area contributed by atoms with Crippen molar-refractivity contribution in [3.63, 3.8) is 0 Å². The van der Waals surface area contributed by atoms with Crippen LogP contribution in [0, 0.1) is 20.8 Å². The normalized spacial score (nSPS) is 12.6. The molecule has 1 aromatic carbocycles. The number of rotatable bonds is 5. The van der Waals surface area contributed by atoms with Crippen LogP contribution in [-0.4, -0.2) is 30.4 Å². The van der Waals surface area contributed by atoms with Gasteiger partial charge in [0.2, 0.25) is 5.91 Å². The van der Waals surface area contributed by atoms with Gasteiger partial charge in [-0.3, -0.25) is 9.69 Å². The number of amides is 1. The molecule has 0 radical (unpaired) electrons. The highest BCUT2D eigenvalue weighted by molar-refractivity contribution is 5.95. The fraction of sp³-hybridized carbons (Fsp3) is 0.562. The van der Waals surface area contributed by atoms with Crippen LogP contribution in [-0.2, 0) is 4.79 Å². The van der Waals surface area contributed by atoms with E-state index in [1.54, 1.807) is 0 Å². The molecule has 1 atom stereocenters. The average Bonchev–Trinajstić information content (AvgIpc) is 2.32. The smallest absolute Gasteiger partial charge is 0.241 e. The van der Waals surface area contributed by atoms with E-state index in [4.69, 9.17) is 0 Å². The second kappa shape index (κ2) is 6.71. The number of nitrogens with one attached hydrogen (secondary N) is 1. The third-order valence-corrected chi connectivity index (χ3v) is 3.54. The first-order chi connectivity index (χ1) is 8.86. The number of nitrogens with zero attached hydrogens (tertiary/aromatic N) is 1. The molecule has 0 bridgehead atoms. The largest absolute Gasteiger partial charge is 0.324 e. The molecule has 0 saturated heterocycles. The van der Waals surface area contributed by atoms with Crippen molar-refractivity contribution in [2.75, 3.05) is 18.9 Å². The molecule has 1 N–H and O–H groups in total. The number of hydrogen-bond acceptors (Lipinski definition) is 2. The molecule has 0 saturated carbocycles. The lowest BCUT2D eigenvalue weighted by atomic mass is 10.0. The second-order valence-electron chi connectivity index (χ2n) is 5.42. The molecule has 1 amide bonds. The van der Waals surface area contributed by atoms with Crippen LogP contribution in [0.1, 0.15) is 37.0 Å². The Kier molecular flexibility index (Phi) is 5.55. The summed E-state index contributed by atoms with van der Waals surface area (Å²) in [5.74, 6) is 0.0611. The van der Waals surface area contributed by atoms with Gasteiger partial charge in [-0.15, -0.1) is 0 Å². The standard InChI is InChI=1S/C16H26N2O/c1-7-8-18(6)14(5)16(19)17-15-12(3)9-11(2)10-13(15)4/h9-10,14H,7-8H2,1-6H3,(H,17,19). The molecular formula is C16H26N2O. The minimum atomic E-state index is -0.111. The Morgan fingerprint density at radius 3 is 2.26 bits per heavy atom. The van der Waals surface area contributed by atoms with E-state index in [-0.39, 0.29) is 11.9 Å². The van der Waals surface area contributed by atoms with Gasteiger partial charge in [-0.2, -0.15) is 0 Å². The molecule has 19 heavy (non-hydrogen) atoms. The Bertz CT molecular complexity index is 431. The Morgan fingerprint density at radius 1 is 1.26 bits per heavy atom. The van der Waals surface area contributed by atoms with Gasteiger partial charge in [-0.05, 0) is 58.8 Å². The molecule has 3 nitrogen and oxygen atoms in total. The number of benzene rings is 1. The molecule has 0 aromatic heterocycles. The van der Waals surface area contributed by atoms with Crippen molar-refractivity contribution in [1.29, 1.82) is 0 Å². The van der Waals surface area contributed by atoms with E-state index in [9.17, 15) is 4.79 Å². The Labute approximate surface area is 117 Å². The molecule has 0 heterocycles. The first-order valence-corrected chi connectivity index (χ1v) is 6.95. The van der Waals surface area contributed by atoms with Crippen LogP contribution in [0.2, 0.25) is 0 Å². The summed E-state index contributed by atoms with van der Waals surface area (Å²) >= 11 is 0. The summed E-state index contributed by atoms with van der Waals surface area (Å²) in [7, 11) is 1.99. The highest BCUT2D eigenvalue weighted by Gasteiger charge is 2.18. The summed E-state index contributed by atoms with van der Waals surface area (Å²) in [6.07, 6.45) is 1.05. The third-order valence-electron chi connectivity index (χ3n) is 3.54. The third kappa shape index (κ3) is 4.06. The zero-order valence-corrected chi connectivity index (χ0v) is 13.0. The number of aryl methyl sites for hydroxylation is 3. The van der Waals surface area contributed by atoms with Crippen molar-refractivity contribution in [3.8, 4) is 0 Å². The molecule has 0 aliphatic carbocycles. The predicted molar refractivity (Wildman–Crippen MR) is 81.7 cm³/mol. The predicted octanol–water partition coefficient (Wildman–Crippen LogP) is 3.28. The molecule has 3 heteroatoms. The Balaban J connectivity index is 2.83. The van der Waals surface area contributed by atoms with Crippen LogP contribution in [0.15, 0.2) is 12.1 Å². The lowest BCUT2D eigenvalue weighted by Gasteiger charge is -2.24. The summed E-state index contributed by atoms with van der Waals surface area (Å²) < 4.78 is 0. The number of anilines is 1. The molecule has 0 spiro atoms. The molecule has 1 aromatic rings. The monoisotopic (exact) mass is 262 g/mol. The molecule has 0 aliphatic rings. The van der Waals surface area contributed by atoms with Crippen molar-refractivity contribution in [2.45, 2.75) is 47.1 Å². The lowest BCUT2D eigenvalue weighted by Crippen LogP contribution is -2.40. The van der Waals surface area contributed by atoms with E-state index in [1.165, 1.54) is 5.56 Å². The van der Waals surface area contributed by atoms with Gasteiger partial charge in [-0.25, -0.2) is 0 Å². The Morgan fingerprint density at radius 2 is 1.79 bits per heavy atom. The van der Waals surface area contributed by atoms with Gasteiger partial charge < -0.3 is 5.32 Å². The van der Waals surface area contributed by atoms with Crippen molar-refractivity contribution in [3.05, 3.63) is 28.8 Å². The molecule has 1 unspecified atom stereocenters. The molecular weight excluding hydrogens is 236 g/mol. The fourth-order valence-electron chi connectivity index (χ4n) is 2.35. The van der Waals surface area contributed by atoms with Gasteiger partial charge in [0, 0.05) is 5.69 Å². The van der Waals surface area contributed by atoms with Crippen molar-refractivity contribution in [1.82, 2.24) is 4.90 Å². The van der Waals surface area contributed by atoms with Crippen LogP contribution < -0.4 is 5.32 Å². The second-order valence-corrected chi connectivity index (χ2v) is 5.42. The van der Waals surface area contributed by atoms with Gasteiger partial charge in [0.05, 0.1) is 6.04 Å². The van der Waals surface area contributed by atoms with Crippen molar-refractivity contribution >= 4 is 11.6 Å². The van der Waals surface area contributed by atoms with Gasteiger partial charge in [0.1, 0.15) is 0 Å². The lowest BCUT2D eigenvalue weighted by molar-refractivity contribution is -0.120. The van der Waals surface area contributed by atoms with Crippen molar-refractivity contribution < 1.29 is 4.79 Å². The van der Waals surface area contributed by atoms with Crippen LogP contribution >= 0.6 is 0 Å². The van der Waals surface area contributed by atoms with Crippen LogP contribution in [0.4, 0.5) is 5.69 Å². The zero-order chi connectivity index (χ0) is 14.6. The van der Waals surface area contributed by atoms with E-state index in [2.05, 4.69) is 36.2 Å². The first kappa shape index (κ1) is 15.7. The number of hydrogen-bond donors (Lipinski definition) is 1. The molecule has 0 aliphatic heterocycles. The molecule has 106 valence electrons. The number of carbonyl (C=O) groups is 1. The van der Waals surface area contributed by atoms with Gasteiger partial charge in [-0.1, -0.05) is 24.6 Å². The van der Waals surface area contributed by atoms with E-state index >= 15 is 0 Å². The SMILES string of the molecule is CCCN(C)C(C)C(=O)Nc1c(C)cc(C)cc1C. The van der Waals surface area contributed by atoms with Gasteiger partial charge in [0.25, 0.3) is 0 Å². The maximum absolute atomic E-state index is 12.3. The van der Waals surface area contributed by atoms with Gasteiger partial charge >= 0.3 is 0 Å². The van der Waals surface area contributed by atoms with Gasteiger partial charge in [0.15, 0.2) is 0 Å². The maximum Gasteiger partial charge on any atom is 0.241 e. The summed E-state index contributed by atoms with van der Waals surface area (Å²) in [4.78, 5) is 14.3. The minimum Gasteiger partial charge on any atom is -0.324 e. The molecule has 0 fully saturated rings. The van der Waals surface area contributed by atoms with E-state index < -0.39 is 0 Å². The molecule has 1 rings (SSSR count). The van der Waals surface area contributed by atoms with Crippen molar-refractivity contribution in [2.24, 2.45) is 0 Å². The highest BCUT2D eigenvalue weighted by Crippen LogP contribution is 2.22. The quantitative estimate of drug-likeness (QED) is 0.883. The maximum atomic E-state index is 12.3. The van der Waals surface area contributed by atoms with E-state index in [0.29, 0.717) is 0 Å². The summed E-state index contributed by atoms with van der Waals surface area (Å²) in [5, 5.41) is 3.06. The summed E-state index contributed by atoms with van der Waals surface area (Å²) in [6, 6.07) is 4.09. The summed E-state index contributed by atoms with van der Waals surface area (Å²) in [6.45, 7) is 11.1. The average molecular weight is 262 g/mol. The van der Waals surface area contributed by atoms with Crippen LogP contribution in [0.25, 0.3) is 0 Å².